The van der Waals surface area contributed by atoms with Crippen LogP contribution in [0.15, 0.2) is 18.2 Å². The van der Waals surface area contributed by atoms with Gasteiger partial charge in [-0.25, -0.2) is 8.42 Å². The molecule has 1 aromatic rings. The number of hydrogen-bond acceptors (Lipinski definition) is 5. The molecule has 2 N–H and O–H groups in total. The zero-order valence-corrected chi connectivity index (χ0v) is 13.8. The van der Waals surface area contributed by atoms with Crippen LogP contribution in [0.5, 0.6) is 5.75 Å². The van der Waals surface area contributed by atoms with Gasteiger partial charge in [-0.15, -0.1) is 0 Å². The molecule has 1 aromatic carbocycles. The number of nitrogens with one attached hydrogen (secondary N) is 2. The van der Waals surface area contributed by atoms with Gasteiger partial charge < -0.3 is 15.4 Å². The van der Waals surface area contributed by atoms with Gasteiger partial charge >= 0.3 is 0 Å². The number of sulfone groups is 1. The van der Waals surface area contributed by atoms with Gasteiger partial charge in [0.05, 0.1) is 17.4 Å². The molecule has 8 heteroatoms. The third-order valence-electron chi connectivity index (χ3n) is 3.34. The van der Waals surface area contributed by atoms with Crippen molar-refractivity contribution in [3.63, 3.8) is 0 Å². The number of anilines is 1. The fourth-order valence-electron chi connectivity index (χ4n) is 2.14. The van der Waals surface area contributed by atoms with Crippen molar-refractivity contribution in [2.45, 2.75) is 6.42 Å². The zero-order valence-electron chi connectivity index (χ0n) is 12.3. The largest absolute Gasteiger partial charge is 0.490 e. The molecule has 1 aliphatic rings. The second-order valence-corrected chi connectivity index (χ2v) is 7.99. The van der Waals surface area contributed by atoms with Gasteiger partial charge in [0.15, 0.2) is 9.84 Å². The standard InChI is InChI=1S/C14H19ClN2O4S/c1-22(19,20)7-6-21-13-3-2-11(15)8-12(13)17-14(18)10-4-5-16-9-10/h2-3,8,10,16H,4-7,9H2,1H3,(H,17,18). The van der Waals surface area contributed by atoms with Crippen molar-refractivity contribution in [1.29, 1.82) is 0 Å². The van der Waals surface area contributed by atoms with E-state index in [1.165, 1.54) is 0 Å². The Balaban J connectivity index is 2.05. The van der Waals surface area contributed by atoms with Gasteiger partial charge in [0.25, 0.3) is 0 Å². The summed E-state index contributed by atoms with van der Waals surface area (Å²) in [7, 11) is -3.10. The molecule has 1 amide bonds. The Kier molecular flexibility index (Phi) is 5.66. The van der Waals surface area contributed by atoms with Crippen molar-refractivity contribution >= 4 is 33.0 Å². The Morgan fingerprint density at radius 3 is 2.91 bits per heavy atom. The Bertz CT molecular complexity index is 642. The first-order valence-corrected chi connectivity index (χ1v) is 9.40. The lowest BCUT2D eigenvalue weighted by atomic mass is 10.1. The molecule has 22 heavy (non-hydrogen) atoms. The van der Waals surface area contributed by atoms with Crippen molar-refractivity contribution in [2.75, 3.05) is 37.0 Å². The van der Waals surface area contributed by atoms with Crippen LogP contribution in [0.3, 0.4) is 0 Å². The minimum absolute atomic E-state index is 0.0221. The average molecular weight is 347 g/mol. The molecule has 122 valence electrons. The molecule has 1 saturated heterocycles. The van der Waals surface area contributed by atoms with Gasteiger partial charge in [-0.1, -0.05) is 11.6 Å². The Morgan fingerprint density at radius 1 is 1.50 bits per heavy atom. The lowest BCUT2D eigenvalue weighted by Crippen LogP contribution is -2.25. The highest BCUT2D eigenvalue weighted by Crippen LogP contribution is 2.29. The van der Waals surface area contributed by atoms with E-state index < -0.39 is 9.84 Å². The number of benzene rings is 1. The molecule has 6 nitrogen and oxygen atoms in total. The van der Waals surface area contributed by atoms with Crippen LogP contribution in [-0.2, 0) is 14.6 Å². The third kappa shape index (κ3) is 5.15. The molecule has 0 saturated carbocycles. The summed E-state index contributed by atoms with van der Waals surface area (Å²) >= 11 is 5.95. The van der Waals surface area contributed by atoms with E-state index in [9.17, 15) is 13.2 Å². The molecular weight excluding hydrogens is 328 g/mol. The number of carbonyl (C=O) groups is 1. The maximum atomic E-state index is 12.2. The van der Waals surface area contributed by atoms with E-state index in [-0.39, 0.29) is 24.2 Å². The number of amides is 1. The average Bonchev–Trinajstić information content (AvgIpc) is 2.94. The zero-order chi connectivity index (χ0) is 16.2. The number of rotatable bonds is 6. The van der Waals surface area contributed by atoms with E-state index >= 15 is 0 Å². The highest BCUT2D eigenvalue weighted by molar-refractivity contribution is 7.90. The van der Waals surface area contributed by atoms with E-state index in [2.05, 4.69) is 10.6 Å². The molecule has 0 spiro atoms. The summed E-state index contributed by atoms with van der Waals surface area (Å²) in [5.74, 6) is 0.144. The van der Waals surface area contributed by atoms with Crippen LogP contribution < -0.4 is 15.4 Å². The lowest BCUT2D eigenvalue weighted by molar-refractivity contribution is -0.119. The first-order valence-electron chi connectivity index (χ1n) is 6.97. The summed E-state index contributed by atoms with van der Waals surface area (Å²) in [5.41, 5.74) is 0.456. The molecule has 0 aromatic heterocycles. The normalized spacial score (nSPS) is 18.2. The summed E-state index contributed by atoms with van der Waals surface area (Å²) in [4.78, 5) is 12.2. The highest BCUT2D eigenvalue weighted by Gasteiger charge is 2.23. The molecule has 1 unspecified atom stereocenters. The van der Waals surface area contributed by atoms with E-state index in [1.807, 2.05) is 0 Å². The minimum Gasteiger partial charge on any atom is -0.490 e. The van der Waals surface area contributed by atoms with Crippen LogP contribution in [0.25, 0.3) is 0 Å². The Labute approximate surface area is 135 Å². The van der Waals surface area contributed by atoms with Gasteiger partial charge in [-0.2, -0.15) is 0 Å². The van der Waals surface area contributed by atoms with E-state index in [0.29, 0.717) is 23.0 Å². The highest BCUT2D eigenvalue weighted by atomic mass is 35.5. The molecule has 1 aliphatic heterocycles. The predicted molar refractivity (Wildman–Crippen MR) is 86.3 cm³/mol. The lowest BCUT2D eigenvalue weighted by Gasteiger charge is -2.15. The molecule has 1 fully saturated rings. The fraction of sp³-hybridized carbons (Fsp3) is 0.500. The van der Waals surface area contributed by atoms with Crippen molar-refractivity contribution in [1.82, 2.24) is 5.32 Å². The van der Waals surface area contributed by atoms with Gasteiger partial charge in [0.2, 0.25) is 5.91 Å². The quantitative estimate of drug-likeness (QED) is 0.811. The summed E-state index contributed by atoms with van der Waals surface area (Å²) in [5, 5.41) is 6.40. The maximum absolute atomic E-state index is 12.2. The Hall–Kier alpha value is -1.31. The number of ether oxygens (including phenoxy) is 1. The molecule has 2 rings (SSSR count). The second kappa shape index (κ2) is 7.30. The van der Waals surface area contributed by atoms with Crippen LogP contribution >= 0.6 is 11.6 Å². The van der Waals surface area contributed by atoms with Crippen molar-refractivity contribution in [3.05, 3.63) is 23.2 Å². The monoisotopic (exact) mass is 346 g/mol. The van der Waals surface area contributed by atoms with E-state index in [4.69, 9.17) is 16.3 Å². The summed E-state index contributed by atoms with van der Waals surface area (Å²) in [6, 6.07) is 4.84. The van der Waals surface area contributed by atoms with Crippen LogP contribution in [0.4, 0.5) is 5.69 Å². The molecule has 0 bridgehead atoms. The number of hydrogen-bond donors (Lipinski definition) is 2. The topological polar surface area (TPSA) is 84.5 Å². The van der Waals surface area contributed by atoms with Crippen molar-refractivity contribution in [2.24, 2.45) is 5.92 Å². The summed E-state index contributed by atoms with van der Waals surface area (Å²) < 4.78 is 27.7. The van der Waals surface area contributed by atoms with E-state index in [1.54, 1.807) is 18.2 Å². The van der Waals surface area contributed by atoms with Crippen molar-refractivity contribution < 1.29 is 17.9 Å². The number of carbonyl (C=O) groups excluding carboxylic acids is 1. The molecule has 1 heterocycles. The summed E-state index contributed by atoms with van der Waals surface area (Å²) in [6.45, 7) is 1.50. The second-order valence-electron chi connectivity index (χ2n) is 5.30. The van der Waals surface area contributed by atoms with Gasteiger partial charge in [-0.05, 0) is 31.2 Å². The van der Waals surface area contributed by atoms with Gasteiger partial charge in [-0.3, -0.25) is 4.79 Å². The molecule has 0 radical (unpaired) electrons. The van der Waals surface area contributed by atoms with Crippen molar-refractivity contribution in [3.8, 4) is 5.75 Å². The van der Waals surface area contributed by atoms with Crippen LogP contribution in [0, 0.1) is 5.92 Å². The van der Waals surface area contributed by atoms with Gasteiger partial charge in [0.1, 0.15) is 12.4 Å². The summed E-state index contributed by atoms with van der Waals surface area (Å²) in [6.07, 6.45) is 1.94. The van der Waals surface area contributed by atoms with Crippen LogP contribution in [0.1, 0.15) is 6.42 Å². The minimum atomic E-state index is -3.10. The predicted octanol–water partition coefficient (Wildman–Crippen LogP) is 1.31. The Morgan fingerprint density at radius 2 is 2.27 bits per heavy atom. The molecule has 0 aliphatic carbocycles. The van der Waals surface area contributed by atoms with Gasteiger partial charge in [0, 0.05) is 17.8 Å². The van der Waals surface area contributed by atoms with E-state index in [0.717, 1.165) is 19.2 Å². The first kappa shape index (κ1) is 17.1. The third-order valence-corrected chi connectivity index (χ3v) is 4.49. The first-order chi connectivity index (χ1) is 10.3. The maximum Gasteiger partial charge on any atom is 0.228 e. The molecule has 1 atom stereocenters. The van der Waals surface area contributed by atoms with Crippen LogP contribution in [-0.4, -0.2) is 46.0 Å². The number of halogens is 1. The smallest absolute Gasteiger partial charge is 0.228 e. The molecular formula is C14H19ClN2O4S. The fourth-order valence-corrected chi connectivity index (χ4v) is 2.70. The SMILES string of the molecule is CS(=O)(=O)CCOc1ccc(Cl)cc1NC(=O)C1CCNC1. The van der Waals surface area contributed by atoms with Crippen LogP contribution in [0.2, 0.25) is 5.02 Å².